The second kappa shape index (κ2) is 6.01. The Morgan fingerprint density at radius 1 is 1.20 bits per heavy atom. The molecule has 1 saturated carbocycles. The average molecular weight is 294 g/mol. The number of alkyl halides is 3. The Labute approximate surface area is 116 Å². The molecule has 0 aromatic carbocycles. The summed E-state index contributed by atoms with van der Waals surface area (Å²) in [5, 5.41) is 2.44. The molecule has 1 fully saturated rings. The maximum Gasteiger partial charge on any atom is 0.392 e. The summed E-state index contributed by atoms with van der Waals surface area (Å²) < 4.78 is 38.7. The van der Waals surface area contributed by atoms with Crippen molar-refractivity contribution in [2.75, 3.05) is 6.54 Å². The Morgan fingerprint density at radius 2 is 1.75 bits per heavy atom. The zero-order chi connectivity index (χ0) is 15.6. The van der Waals surface area contributed by atoms with Gasteiger partial charge in [-0.15, -0.1) is 0 Å². The van der Waals surface area contributed by atoms with Gasteiger partial charge >= 0.3 is 6.18 Å². The van der Waals surface area contributed by atoms with Gasteiger partial charge in [-0.05, 0) is 26.7 Å². The van der Waals surface area contributed by atoms with Crippen LogP contribution < -0.4 is 11.1 Å². The van der Waals surface area contributed by atoms with Gasteiger partial charge in [-0.2, -0.15) is 13.2 Å². The number of amides is 2. The zero-order valence-electron chi connectivity index (χ0n) is 11.7. The molecule has 2 amide bonds. The second-order valence-corrected chi connectivity index (χ2v) is 6.00. The van der Waals surface area contributed by atoms with Gasteiger partial charge in [0.15, 0.2) is 0 Å². The molecule has 0 aliphatic heterocycles. The van der Waals surface area contributed by atoms with E-state index < -0.39 is 35.2 Å². The molecule has 0 radical (unpaired) electrons. The second-order valence-electron chi connectivity index (χ2n) is 6.00. The number of halogens is 3. The Kier molecular flexibility index (Phi) is 5.05. The quantitative estimate of drug-likeness (QED) is 0.832. The molecule has 0 aromatic heterocycles. The minimum Gasteiger partial charge on any atom is -0.369 e. The van der Waals surface area contributed by atoms with Gasteiger partial charge in [0.1, 0.15) is 0 Å². The average Bonchev–Trinajstić information content (AvgIpc) is 2.35. The Bertz CT molecular complexity index is 380. The largest absolute Gasteiger partial charge is 0.392 e. The molecule has 1 aliphatic carbocycles. The first-order valence-corrected chi connectivity index (χ1v) is 6.70. The third kappa shape index (κ3) is 4.11. The van der Waals surface area contributed by atoms with Crippen LogP contribution in [0.1, 0.15) is 39.5 Å². The van der Waals surface area contributed by atoms with Gasteiger partial charge < -0.3 is 11.1 Å². The van der Waals surface area contributed by atoms with Gasteiger partial charge in [-0.25, -0.2) is 0 Å². The van der Waals surface area contributed by atoms with Gasteiger partial charge in [0.2, 0.25) is 11.8 Å². The SMILES string of the molecule is CC(C)(CNC(=O)[C@@H]1CCCC[C@@H]1C(F)(F)F)C(N)=O. The van der Waals surface area contributed by atoms with E-state index in [9.17, 15) is 22.8 Å². The molecule has 0 heterocycles. The first kappa shape index (κ1) is 16.8. The van der Waals surface area contributed by atoms with Crippen LogP contribution in [0.3, 0.4) is 0 Å². The summed E-state index contributed by atoms with van der Waals surface area (Å²) in [6.45, 7) is 3.03. The van der Waals surface area contributed by atoms with E-state index in [1.165, 1.54) is 13.8 Å². The minimum atomic E-state index is -4.36. The Morgan fingerprint density at radius 3 is 2.25 bits per heavy atom. The smallest absolute Gasteiger partial charge is 0.369 e. The third-order valence-electron chi connectivity index (χ3n) is 3.89. The molecular formula is C13H21F3N2O2. The molecule has 0 aromatic rings. The van der Waals surface area contributed by atoms with E-state index in [0.717, 1.165) is 0 Å². The highest BCUT2D eigenvalue weighted by Gasteiger charge is 2.48. The van der Waals surface area contributed by atoms with Gasteiger partial charge in [0.25, 0.3) is 0 Å². The Balaban J connectivity index is 2.67. The summed E-state index contributed by atoms with van der Waals surface area (Å²) in [6, 6.07) is 0. The van der Waals surface area contributed by atoms with E-state index in [1.807, 2.05) is 0 Å². The summed E-state index contributed by atoms with van der Waals surface area (Å²) in [5.41, 5.74) is 4.19. The molecule has 4 nitrogen and oxygen atoms in total. The van der Waals surface area contributed by atoms with E-state index in [4.69, 9.17) is 5.73 Å². The highest BCUT2D eigenvalue weighted by molar-refractivity contribution is 5.83. The zero-order valence-corrected chi connectivity index (χ0v) is 11.7. The van der Waals surface area contributed by atoms with Crippen LogP contribution in [0.5, 0.6) is 0 Å². The van der Waals surface area contributed by atoms with Crippen LogP contribution in [0.25, 0.3) is 0 Å². The standard InChI is InChI=1S/C13H21F3N2O2/c1-12(2,11(17)20)7-18-10(19)8-5-3-4-6-9(8)13(14,15)16/h8-9H,3-7H2,1-2H3,(H2,17,20)(H,18,19)/t8-,9+/m1/s1. The predicted octanol–water partition coefficient (Wildman–Crippen LogP) is 1.98. The van der Waals surface area contributed by atoms with Crippen molar-refractivity contribution in [3.8, 4) is 0 Å². The van der Waals surface area contributed by atoms with Gasteiger partial charge in [0, 0.05) is 12.5 Å². The van der Waals surface area contributed by atoms with Crippen LogP contribution in [0.2, 0.25) is 0 Å². The Hall–Kier alpha value is -1.27. The lowest BCUT2D eigenvalue weighted by Gasteiger charge is -2.32. The summed E-state index contributed by atoms with van der Waals surface area (Å²) in [5.74, 6) is -3.89. The number of nitrogens with one attached hydrogen (secondary N) is 1. The summed E-state index contributed by atoms with van der Waals surface area (Å²) in [4.78, 5) is 23.1. The maximum absolute atomic E-state index is 12.9. The molecule has 116 valence electrons. The lowest BCUT2D eigenvalue weighted by molar-refractivity contribution is -0.198. The number of carbonyl (C=O) groups is 2. The van der Waals surface area contributed by atoms with Crippen LogP contribution in [-0.4, -0.2) is 24.5 Å². The third-order valence-corrected chi connectivity index (χ3v) is 3.89. The number of carbonyl (C=O) groups excluding carboxylic acids is 2. The fourth-order valence-corrected chi connectivity index (χ4v) is 2.36. The number of nitrogens with two attached hydrogens (primary N) is 1. The molecule has 1 aliphatic rings. The summed E-state index contributed by atoms with van der Waals surface area (Å²) >= 11 is 0. The van der Waals surface area contributed by atoms with Crippen molar-refractivity contribution in [3.63, 3.8) is 0 Å². The van der Waals surface area contributed by atoms with Crippen LogP contribution in [0, 0.1) is 17.3 Å². The minimum absolute atomic E-state index is 0.0131. The van der Waals surface area contributed by atoms with E-state index in [2.05, 4.69) is 5.32 Å². The molecule has 0 spiro atoms. The predicted molar refractivity (Wildman–Crippen MR) is 67.5 cm³/mol. The van der Waals surface area contributed by atoms with Crippen molar-refractivity contribution >= 4 is 11.8 Å². The van der Waals surface area contributed by atoms with Gasteiger partial charge in [-0.3, -0.25) is 9.59 Å². The van der Waals surface area contributed by atoms with E-state index in [1.54, 1.807) is 0 Å². The molecular weight excluding hydrogens is 273 g/mol. The molecule has 7 heteroatoms. The summed E-state index contributed by atoms with van der Waals surface area (Å²) in [7, 11) is 0. The first-order valence-electron chi connectivity index (χ1n) is 6.70. The van der Waals surface area contributed by atoms with Crippen molar-refractivity contribution in [2.24, 2.45) is 23.0 Å². The number of primary amides is 1. The van der Waals surface area contributed by atoms with Gasteiger partial charge in [-0.1, -0.05) is 12.8 Å². The van der Waals surface area contributed by atoms with Crippen LogP contribution in [0.15, 0.2) is 0 Å². The van der Waals surface area contributed by atoms with Crippen molar-refractivity contribution in [1.82, 2.24) is 5.32 Å². The van der Waals surface area contributed by atoms with E-state index >= 15 is 0 Å². The molecule has 20 heavy (non-hydrogen) atoms. The molecule has 0 unspecified atom stereocenters. The summed E-state index contributed by atoms with van der Waals surface area (Å²) in [6.07, 6.45) is -3.04. The lowest BCUT2D eigenvalue weighted by Crippen LogP contribution is -2.47. The number of rotatable bonds is 4. The van der Waals surface area contributed by atoms with Crippen molar-refractivity contribution in [2.45, 2.75) is 45.7 Å². The van der Waals surface area contributed by atoms with E-state index in [-0.39, 0.29) is 19.4 Å². The first-order chi connectivity index (χ1) is 9.05. The molecule has 0 bridgehead atoms. The van der Waals surface area contributed by atoms with Crippen LogP contribution in [0.4, 0.5) is 13.2 Å². The highest BCUT2D eigenvalue weighted by Crippen LogP contribution is 2.41. The van der Waals surface area contributed by atoms with Crippen LogP contribution in [-0.2, 0) is 9.59 Å². The fraction of sp³-hybridized carbons (Fsp3) is 0.846. The monoisotopic (exact) mass is 294 g/mol. The molecule has 2 atom stereocenters. The van der Waals surface area contributed by atoms with E-state index in [0.29, 0.717) is 12.8 Å². The van der Waals surface area contributed by atoms with Gasteiger partial charge in [0.05, 0.1) is 11.3 Å². The van der Waals surface area contributed by atoms with Crippen molar-refractivity contribution < 1.29 is 22.8 Å². The normalized spacial score (nSPS) is 24.2. The number of hydrogen-bond donors (Lipinski definition) is 2. The highest BCUT2D eigenvalue weighted by atomic mass is 19.4. The molecule has 0 saturated heterocycles. The van der Waals surface area contributed by atoms with Crippen molar-refractivity contribution in [3.05, 3.63) is 0 Å². The topological polar surface area (TPSA) is 72.2 Å². The van der Waals surface area contributed by atoms with Crippen LogP contribution >= 0.6 is 0 Å². The molecule has 3 N–H and O–H groups in total. The molecule has 1 rings (SSSR count). The fourth-order valence-electron chi connectivity index (χ4n) is 2.36. The lowest BCUT2D eigenvalue weighted by atomic mass is 9.78. The number of hydrogen-bond acceptors (Lipinski definition) is 2. The van der Waals surface area contributed by atoms with Crippen molar-refractivity contribution in [1.29, 1.82) is 0 Å². The maximum atomic E-state index is 12.9.